The minimum Gasteiger partial charge on any atom is -0.466 e. The van der Waals surface area contributed by atoms with E-state index in [4.69, 9.17) is 4.74 Å². The number of nitrogens with zero attached hydrogens (tertiary/aromatic N) is 2. The molecule has 122 valence electrons. The van der Waals surface area contributed by atoms with Crippen LogP contribution in [0.1, 0.15) is 38.2 Å². The van der Waals surface area contributed by atoms with Gasteiger partial charge in [0.15, 0.2) is 0 Å². The van der Waals surface area contributed by atoms with Gasteiger partial charge in [0.05, 0.1) is 18.5 Å². The van der Waals surface area contributed by atoms with E-state index in [2.05, 4.69) is 28.1 Å². The average Bonchev–Trinajstić information content (AvgIpc) is 2.57. The Morgan fingerprint density at radius 3 is 3.04 bits per heavy atom. The Morgan fingerprint density at radius 1 is 1.30 bits per heavy atom. The lowest BCUT2D eigenvalue weighted by atomic mass is 9.98. The predicted octanol–water partition coefficient (Wildman–Crippen LogP) is 3.54. The quantitative estimate of drug-likeness (QED) is 0.792. The minimum atomic E-state index is -0.0796. The molecular weight excluding hydrogens is 288 g/mol. The Labute approximate surface area is 137 Å². The van der Waals surface area contributed by atoms with Crippen molar-refractivity contribution < 1.29 is 9.53 Å². The summed E-state index contributed by atoms with van der Waals surface area (Å²) in [4.78, 5) is 18.7. The van der Waals surface area contributed by atoms with E-state index in [1.54, 1.807) is 0 Å². The van der Waals surface area contributed by atoms with Crippen molar-refractivity contribution in [2.75, 3.05) is 13.2 Å². The highest BCUT2D eigenvalue weighted by Crippen LogP contribution is 2.25. The summed E-state index contributed by atoms with van der Waals surface area (Å²) in [6, 6.07) is 10.6. The molecular formula is C19H24N2O2. The van der Waals surface area contributed by atoms with E-state index in [1.165, 1.54) is 23.8 Å². The van der Waals surface area contributed by atoms with Crippen molar-refractivity contribution in [2.24, 2.45) is 0 Å². The fourth-order valence-corrected chi connectivity index (χ4v) is 3.42. The van der Waals surface area contributed by atoms with Gasteiger partial charge >= 0.3 is 5.97 Å². The van der Waals surface area contributed by atoms with Gasteiger partial charge in [-0.1, -0.05) is 24.6 Å². The maximum Gasteiger partial charge on any atom is 0.307 e. The molecule has 23 heavy (non-hydrogen) atoms. The van der Waals surface area contributed by atoms with Gasteiger partial charge in [-0.15, -0.1) is 0 Å². The summed E-state index contributed by atoms with van der Waals surface area (Å²) in [5.74, 6) is -0.0796. The van der Waals surface area contributed by atoms with Gasteiger partial charge in [-0.25, -0.2) is 0 Å². The minimum absolute atomic E-state index is 0.0796. The molecule has 1 aromatic carbocycles. The van der Waals surface area contributed by atoms with E-state index in [9.17, 15) is 4.79 Å². The normalized spacial score (nSPS) is 18.9. The first kappa shape index (κ1) is 15.9. The molecule has 1 aromatic heterocycles. The number of hydrogen-bond donors (Lipinski definition) is 0. The van der Waals surface area contributed by atoms with Gasteiger partial charge in [-0.05, 0) is 44.0 Å². The summed E-state index contributed by atoms with van der Waals surface area (Å²) >= 11 is 0. The molecule has 0 saturated carbocycles. The molecule has 1 aliphatic rings. The molecule has 4 nitrogen and oxygen atoms in total. The summed E-state index contributed by atoms with van der Waals surface area (Å²) in [5.41, 5.74) is 2.32. The number of hydrogen-bond acceptors (Lipinski definition) is 4. The maximum absolute atomic E-state index is 11.9. The molecule has 2 heterocycles. The van der Waals surface area contributed by atoms with Crippen LogP contribution in [-0.4, -0.2) is 35.0 Å². The Kier molecular flexibility index (Phi) is 5.23. The topological polar surface area (TPSA) is 42.4 Å². The highest BCUT2D eigenvalue weighted by Gasteiger charge is 2.25. The monoisotopic (exact) mass is 312 g/mol. The van der Waals surface area contributed by atoms with Crippen molar-refractivity contribution in [3.8, 4) is 0 Å². The van der Waals surface area contributed by atoms with Crippen molar-refractivity contribution in [1.82, 2.24) is 9.88 Å². The van der Waals surface area contributed by atoms with Gasteiger partial charge in [0, 0.05) is 24.2 Å². The van der Waals surface area contributed by atoms with Crippen molar-refractivity contribution in [2.45, 2.75) is 45.2 Å². The van der Waals surface area contributed by atoms with Crippen LogP contribution in [-0.2, 0) is 16.1 Å². The number of carbonyl (C=O) groups is 1. The number of para-hydroxylation sites is 1. The van der Waals surface area contributed by atoms with Crippen LogP contribution in [0.5, 0.6) is 0 Å². The van der Waals surface area contributed by atoms with E-state index in [0.717, 1.165) is 25.0 Å². The van der Waals surface area contributed by atoms with Crippen LogP contribution in [0.4, 0.5) is 0 Å². The number of rotatable bonds is 5. The second-order valence-electron chi connectivity index (χ2n) is 6.12. The van der Waals surface area contributed by atoms with E-state index in [0.29, 0.717) is 13.0 Å². The molecule has 0 bridgehead atoms. The first-order chi connectivity index (χ1) is 11.3. The number of benzene rings is 1. The third kappa shape index (κ3) is 3.88. The lowest BCUT2D eigenvalue weighted by Gasteiger charge is -2.35. The van der Waals surface area contributed by atoms with Crippen molar-refractivity contribution in [3.05, 3.63) is 42.1 Å². The summed E-state index contributed by atoms with van der Waals surface area (Å²) < 4.78 is 5.14. The lowest BCUT2D eigenvalue weighted by Crippen LogP contribution is -2.40. The molecule has 2 aromatic rings. The molecule has 0 aliphatic carbocycles. The van der Waals surface area contributed by atoms with E-state index in [-0.39, 0.29) is 12.0 Å². The second kappa shape index (κ2) is 7.55. The Balaban J connectivity index is 1.77. The Hall–Kier alpha value is -1.94. The fourth-order valence-electron chi connectivity index (χ4n) is 3.42. The van der Waals surface area contributed by atoms with Crippen molar-refractivity contribution >= 4 is 16.9 Å². The number of esters is 1. The number of likely N-dealkylation sites (tertiary alicyclic amines) is 1. The molecule has 0 N–H and O–H groups in total. The smallest absolute Gasteiger partial charge is 0.307 e. The molecule has 3 rings (SSSR count). The number of fused-ring (bicyclic) bond motifs is 1. The van der Waals surface area contributed by atoms with Crippen LogP contribution in [0.2, 0.25) is 0 Å². The highest BCUT2D eigenvalue weighted by molar-refractivity contribution is 5.81. The molecule has 1 saturated heterocycles. The molecule has 0 spiro atoms. The van der Waals surface area contributed by atoms with Crippen LogP contribution in [0, 0.1) is 0 Å². The SMILES string of the molecule is CCOC(=O)C[C@@H]1CCCCN1Cc1ccnc2ccccc12. The zero-order valence-corrected chi connectivity index (χ0v) is 13.7. The number of piperidine rings is 1. The average molecular weight is 312 g/mol. The molecule has 1 aliphatic heterocycles. The molecule has 4 heteroatoms. The first-order valence-corrected chi connectivity index (χ1v) is 8.50. The molecule has 0 unspecified atom stereocenters. The van der Waals surface area contributed by atoms with E-state index < -0.39 is 0 Å². The standard InChI is InChI=1S/C19H24N2O2/c1-2-23-19(22)13-16-7-5-6-12-21(16)14-15-10-11-20-18-9-4-3-8-17(15)18/h3-4,8-11,16H,2,5-7,12-14H2,1H3/t16-/m0/s1. The van der Waals surface area contributed by atoms with Crippen LogP contribution in [0.25, 0.3) is 10.9 Å². The zero-order valence-electron chi connectivity index (χ0n) is 13.7. The number of aromatic nitrogens is 1. The number of carbonyl (C=O) groups excluding carboxylic acids is 1. The van der Waals surface area contributed by atoms with Crippen LogP contribution < -0.4 is 0 Å². The van der Waals surface area contributed by atoms with E-state index in [1.807, 2.05) is 25.3 Å². The highest BCUT2D eigenvalue weighted by atomic mass is 16.5. The summed E-state index contributed by atoms with van der Waals surface area (Å²) in [6.07, 6.45) is 5.83. The summed E-state index contributed by atoms with van der Waals surface area (Å²) in [5, 5.41) is 1.20. The van der Waals surface area contributed by atoms with E-state index >= 15 is 0 Å². The van der Waals surface area contributed by atoms with Crippen molar-refractivity contribution in [3.63, 3.8) is 0 Å². The van der Waals surface area contributed by atoms with Gasteiger partial charge in [0.2, 0.25) is 0 Å². The fraction of sp³-hybridized carbons (Fsp3) is 0.474. The number of ether oxygens (including phenoxy) is 1. The van der Waals surface area contributed by atoms with Crippen LogP contribution in [0.3, 0.4) is 0 Å². The molecule has 0 radical (unpaired) electrons. The first-order valence-electron chi connectivity index (χ1n) is 8.50. The van der Waals surface area contributed by atoms with Crippen LogP contribution >= 0.6 is 0 Å². The van der Waals surface area contributed by atoms with Gasteiger partial charge in [-0.3, -0.25) is 14.7 Å². The summed E-state index contributed by atoms with van der Waals surface area (Å²) in [7, 11) is 0. The predicted molar refractivity (Wildman–Crippen MR) is 91.0 cm³/mol. The maximum atomic E-state index is 11.9. The zero-order chi connectivity index (χ0) is 16.1. The Bertz CT molecular complexity index is 666. The lowest BCUT2D eigenvalue weighted by molar-refractivity contribution is -0.145. The Morgan fingerprint density at radius 2 is 2.17 bits per heavy atom. The van der Waals surface area contributed by atoms with Gasteiger partial charge in [0.1, 0.15) is 0 Å². The second-order valence-corrected chi connectivity index (χ2v) is 6.12. The molecule has 1 fully saturated rings. The largest absolute Gasteiger partial charge is 0.466 e. The molecule has 0 amide bonds. The summed E-state index contributed by atoms with van der Waals surface area (Å²) in [6.45, 7) is 4.23. The van der Waals surface area contributed by atoms with Gasteiger partial charge in [0.25, 0.3) is 0 Å². The van der Waals surface area contributed by atoms with Gasteiger partial charge < -0.3 is 4.74 Å². The van der Waals surface area contributed by atoms with Crippen molar-refractivity contribution in [1.29, 1.82) is 0 Å². The number of pyridine rings is 1. The van der Waals surface area contributed by atoms with Gasteiger partial charge in [-0.2, -0.15) is 0 Å². The van der Waals surface area contributed by atoms with Crippen LogP contribution in [0.15, 0.2) is 36.5 Å². The third-order valence-electron chi connectivity index (χ3n) is 4.57. The third-order valence-corrected chi connectivity index (χ3v) is 4.57. The molecule has 1 atom stereocenters.